The first kappa shape index (κ1) is 11.3. The maximum absolute atomic E-state index is 4.48. The van der Waals surface area contributed by atoms with Gasteiger partial charge in [-0.05, 0) is 30.4 Å². The highest BCUT2D eigenvalue weighted by molar-refractivity contribution is 5.50. The predicted octanol–water partition coefficient (Wildman–Crippen LogP) is 3.08. The fraction of sp³-hybridized carbons (Fsp3) is 0.400. The van der Waals surface area contributed by atoms with Gasteiger partial charge in [0.2, 0.25) is 0 Å². The molecule has 0 spiro atoms. The molecule has 1 aliphatic carbocycles. The van der Waals surface area contributed by atoms with Crippen LogP contribution in [-0.2, 0) is 19.9 Å². The number of rotatable bonds is 3. The first-order valence-electron chi connectivity index (χ1n) is 6.64. The van der Waals surface area contributed by atoms with Gasteiger partial charge in [-0.15, -0.1) is 0 Å². The quantitative estimate of drug-likeness (QED) is 0.895. The molecule has 1 aliphatic rings. The van der Waals surface area contributed by atoms with Crippen molar-refractivity contribution in [3.63, 3.8) is 0 Å². The number of aromatic nitrogens is 2. The Morgan fingerprint density at radius 1 is 1.39 bits per heavy atom. The van der Waals surface area contributed by atoms with Crippen LogP contribution in [0.25, 0.3) is 0 Å². The molecule has 3 heteroatoms. The van der Waals surface area contributed by atoms with E-state index in [2.05, 4.69) is 47.8 Å². The fourth-order valence-electron chi connectivity index (χ4n) is 2.81. The Hall–Kier alpha value is -1.77. The van der Waals surface area contributed by atoms with Crippen LogP contribution in [0.15, 0.2) is 30.5 Å². The van der Waals surface area contributed by atoms with Crippen LogP contribution in [0.4, 0.5) is 5.69 Å². The minimum absolute atomic E-state index is 0.440. The summed E-state index contributed by atoms with van der Waals surface area (Å²) in [6.45, 7) is 2.15. The summed E-state index contributed by atoms with van der Waals surface area (Å²) >= 11 is 0. The maximum atomic E-state index is 4.48. The molecule has 0 amide bonds. The predicted molar refractivity (Wildman–Crippen MR) is 73.7 cm³/mol. The van der Waals surface area contributed by atoms with Crippen LogP contribution < -0.4 is 5.32 Å². The lowest BCUT2D eigenvalue weighted by Gasteiger charge is -2.14. The lowest BCUT2D eigenvalue weighted by Crippen LogP contribution is -2.07. The van der Waals surface area contributed by atoms with E-state index in [-0.39, 0.29) is 0 Å². The number of aryl methyl sites for hydroxylation is 3. The minimum Gasteiger partial charge on any atom is -0.375 e. The largest absolute Gasteiger partial charge is 0.375 e. The number of hydrogen-bond acceptors (Lipinski definition) is 2. The van der Waals surface area contributed by atoms with Crippen LogP contribution in [-0.4, -0.2) is 9.78 Å². The number of benzene rings is 1. The third-order valence-electron chi connectivity index (χ3n) is 3.70. The zero-order valence-corrected chi connectivity index (χ0v) is 11.0. The summed E-state index contributed by atoms with van der Waals surface area (Å²) in [5.74, 6) is 0. The molecule has 0 radical (unpaired) electrons. The van der Waals surface area contributed by atoms with Crippen LogP contribution in [0.5, 0.6) is 0 Å². The molecular weight excluding hydrogens is 222 g/mol. The lowest BCUT2D eigenvalue weighted by molar-refractivity contribution is 0.746. The molecule has 1 N–H and O–H groups in total. The van der Waals surface area contributed by atoms with Crippen molar-refractivity contribution in [1.82, 2.24) is 9.78 Å². The maximum Gasteiger partial charge on any atom is 0.0853 e. The summed E-state index contributed by atoms with van der Waals surface area (Å²) in [5, 5.41) is 8.14. The monoisotopic (exact) mass is 241 g/mol. The van der Waals surface area contributed by atoms with Gasteiger partial charge in [0.05, 0.1) is 17.4 Å². The van der Waals surface area contributed by atoms with Crippen molar-refractivity contribution >= 4 is 5.69 Å². The number of hydrogen-bond donors (Lipinski definition) is 1. The van der Waals surface area contributed by atoms with Gasteiger partial charge in [-0.1, -0.05) is 31.2 Å². The molecule has 0 saturated carbocycles. The molecule has 3 nitrogen and oxygen atoms in total. The Morgan fingerprint density at radius 2 is 2.22 bits per heavy atom. The highest BCUT2D eigenvalue weighted by Crippen LogP contribution is 2.34. The molecule has 1 aromatic heterocycles. The van der Waals surface area contributed by atoms with Gasteiger partial charge in [0.25, 0.3) is 0 Å². The third-order valence-corrected chi connectivity index (χ3v) is 3.70. The molecule has 0 bridgehead atoms. The van der Waals surface area contributed by atoms with E-state index in [1.54, 1.807) is 0 Å². The highest BCUT2D eigenvalue weighted by atomic mass is 15.3. The highest BCUT2D eigenvalue weighted by Gasteiger charge is 2.22. The molecule has 0 fully saturated rings. The van der Waals surface area contributed by atoms with E-state index >= 15 is 0 Å². The van der Waals surface area contributed by atoms with Crippen LogP contribution in [0.1, 0.15) is 36.2 Å². The van der Waals surface area contributed by atoms with E-state index in [1.807, 2.05) is 11.7 Å². The summed E-state index contributed by atoms with van der Waals surface area (Å²) in [6.07, 6.45) is 5.41. The summed E-state index contributed by atoms with van der Waals surface area (Å²) in [5.41, 5.74) is 5.27. The summed E-state index contributed by atoms with van der Waals surface area (Å²) in [6, 6.07) is 9.17. The molecule has 1 atom stereocenters. The second-order valence-electron chi connectivity index (χ2n) is 4.95. The van der Waals surface area contributed by atoms with Crippen molar-refractivity contribution in [3.05, 3.63) is 47.3 Å². The molecule has 1 aromatic carbocycles. The zero-order valence-electron chi connectivity index (χ0n) is 11.0. The van der Waals surface area contributed by atoms with E-state index in [1.165, 1.54) is 29.7 Å². The van der Waals surface area contributed by atoms with Crippen LogP contribution >= 0.6 is 0 Å². The number of nitrogens with one attached hydrogen (secondary N) is 1. The SMILES string of the molecule is CCc1nn(C)cc1NC1CCc2ccccc21. The second kappa shape index (κ2) is 4.48. The van der Waals surface area contributed by atoms with Gasteiger partial charge in [0.15, 0.2) is 0 Å². The molecular formula is C15H19N3. The van der Waals surface area contributed by atoms with Gasteiger partial charge in [-0.2, -0.15) is 5.10 Å². The van der Waals surface area contributed by atoms with Gasteiger partial charge in [0, 0.05) is 13.2 Å². The minimum atomic E-state index is 0.440. The number of anilines is 1. The van der Waals surface area contributed by atoms with Crippen molar-refractivity contribution in [2.45, 2.75) is 32.2 Å². The molecule has 1 heterocycles. The molecule has 3 rings (SSSR count). The second-order valence-corrected chi connectivity index (χ2v) is 4.95. The van der Waals surface area contributed by atoms with Crippen molar-refractivity contribution in [2.24, 2.45) is 7.05 Å². The van der Waals surface area contributed by atoms with E-state index in [9.17, 15) is 0 Å². The van der Waals surface area contributed by atoms with E-state index in [4.69, 9.17) is 0 Å². The number of nitrogens with zero attached hydrogens (tertiary/aromatic N) is 2. The Morgan fingerprint density at radius 3 is 3.06 bits per heavy atom. The van der Waals surface area contributed by atoms with Crippen molar-refractivity contribution in [1.29, 1.82) is 0 Å². The standard InChI is InChI=1S/C15H19N3/c1-3-13-15(10-18(2)17-13)16-14-9-8-11-6-4-5-7-12(11)14/h4-7,10,14,16H,3,8-9H2,1-2H3. The summed E-state index contributed by atoms with van der Waals surface area (Å²) < 4.78 is 1.89. The van der Waals surface area contributed by atoms with Gasteiger partial charge in [0.1, 0.15) is 0 Å². The van der Waals surface area contributed by atoms with E-state index in [0.29, 0.717) is 6.04 Å². The fourth-order valence-corrected chi connectivity index (χ4v) is 2.81. The van der Waals surface area contributed by atoms with Crippen LogP contribution in [0.3, 0.4) is 0 Å². The van der Waals surface area contributed by atoms with Crippen molar-refractivity contribution < 1.29 is 0 Å². The van der Waals surface area contributed by atoms with Gasteiger partial charge < -0.3 is 5.32 Å². The Kier molecular flexibility index (Phi) is 2.82. The lowest BCUT2D eigenvalue weighted by atomic mass is 10.1. The van der Waals surface area contributed by atoms with Gasteiger partial charge >= 0.3 is 0 Å². The first-order chi connectivity index (χ1) is 8.78. The smallest absolute Gasteiger partial charge is 0.0853 e. The third kappa shape index (κ3) is 1.90. The zero-order chi connectivity index (χ0) is 12.5. The molecule has 1 unspecified atom stereocenters. The van der Waals surface area contributed by atoms with Crippen LogP contribution in [0.2, 0.25) is 0 Å². The Labute approximate surface area is 108 Å². The topological polar surface area (TPSA) is 29.9 Å². The van der Waals surface area contributed by atoms with Gasteiger partial charge in [-0.25, -0.2) is 0 Å². The molecule has 18 heavy (non-hydrogen) atoms. The summed E-state index contributed by atoms with van der Waals surface area (Å²) in [7, 11) is 1.98. The molecule has 94 valence electrons. The first-order valence-corrected chi connectivity index (χ1v) is 6.64. The average Bonchev–Trinajstić information content (AvgIpc) is 2.94. The van der Waals surface area contributed by atoms with Crippen LogP contribution in [0, 0.1) is 0 Å². The Balaban J connectivity index is 1.86. The normalized spacial score (nSPS) is 17.8. The van der Waals surface area contributed by atoms with Gasteiger partial charge in [-0.3, -0.25) is 4.68 Å². The van der Waals surface area contributed by atoms with E-state index in [0.717, 1.165) is 12.1 Å². The average molecular weight is 241 g/mol. The summed E-state index contributed by atoms with van der Waals surface area (Å²) in [4.78, 5) is 0. The molecule has 2 aromatic rings. The molecule has 0 aliphatic heterocycles. The Bertz CT molecular complexity index is 557. The van der Waals surface area contributed by atoms with Crippen molar-refractivity contribution in [2.75, 3.05) is 5.32 Å². The number of fused-ring (bicyclic) bond motifs is 1. The van der Waals surface area contributed by atoms with E-state index < -0.39 is 0 Å². The molecule has 0 saturated heterocycles. The van der Waals surface area contributed by atoms with Crippen molar-refractivity contribution in [3.8, 4) is 0 Å².